The van der Waals surface area contributed by atoms with Crippen LogP contribution in [0.3, 0.4) is 0 Å². The van der Waals surface area contributed by atoms with Crippen molar-refractivity contribution in [2.24, 2.45) is 5.92 Å². The number of nitrogens with zero attached hydrogens (tertiary/aromatic N) is 4. The molecule has 3 N–H and O–H groups in total. The molecule has 1 saturated heterocycles. The van der Waals surface area contributed by atoms with Crippen LogP contribution in [0.25, 0.3) is 16.3 Å². The van der Waals surface area contributed by atoms with E-state index in [4.69, 9.17) is 33.7 Å². The number of esters is 3. The van der Waals surface area contributed by atoms with Crippen LogP contribution in [0.5, 0.6) is 5.75 Å². The zero-order valence-electron chi connectivity index (χ0n) is 34.2. The lowest BCUT2D eigenvalue weighted by Gasteiger charge is -2.28. The summed E-state index contributed by atoms with van der Waals surface area (Å²) < 4.78 is 52.5. The van der Waals surface area contributed by atoms with E-state index in [0.717, 1.165) is 23.8 Å². The molecule has 58 heavy (non-hydrogen) atoms. The second kappa shape index (κ2) is 18.2. The number of benzene rings is 2. The third kappa shape index (κ3) is 9.29. The Morgan fingerprint density at radius 3 is 2.33 bits per heavy atom. The maximum atomic E-state index is 15.1. The number of nitrogens with one attached hydrogen (secondary N) is 1. The van der Waals surface area contributed by atoms with Gasteiger partial charge in [0.15, 0.2) is 18.0 Å². The van der Waals surface area contributed by atoms with E-state index in [2.05, 4.69) is 42.0 Å². The molecule has 0 spiro atoms. The predicted molar refractivity (Wildman–Crippen MR) is 214 cm³/mol. The number of nitriles is 1. The summed E-state index contributed by atoms with van der Waals surface area (Å²) >= 11 is 0. The molecule has 0 saturated carbocycles. The van der Waals surface area contributed by atoms with Crippen molar-refractivity contribution in [2.75, 3.05) is 18.9 Å². The van der Waals surface area contributed by atoms with Gasteiger partial charge in [-0.2, -0.15) is 15.4 Å². The second-order valence-electron chi connectivity index (χ2n) is 15.2. The summed E-state index contributed by atoms with van der Waals surface area (Å²) in [4.78, 5) is 43.2. The van der Waals surface area contributed by atoms with E-state index in [-0.39, 0.29) is 48.0 Å². The molecule has 1 aliphatic heterocycles. The van der Waals surface area contributed by atoms with Gasteiger partial charge in [0, 0.05) is 18.2 Å². The topological polar surface area (TPSA) is 216 Å². The van der Waals surface area contributed by atoms with Crippen LogP contribution in [0.15, 0.2) is 54.9 Å². The third-order valence-corrected chi connectivity index (χ3v) is 11.8. The van der Waals surface area contributed by atoms with Crippen LogP contribution in [-0.4, -0.2) is 70.1 Å². The molecule has 4 aromatic rings. The van der Waals surface area contributed by atoms with Gasteiger partial charge in [0.1, 0.15) is 35.8 Å². The predicted octanol–water partition coefficient (Wildman–Crippen LogP) is 6.68. The Morgan fingerprint density at radius 1 is 1.02 bits per heavy atom. The minimum Gasteiger partial charge on any atom is -0.464 e. The Balaban J connectivity index is 1.57. The van der Waals surface area contributed by atoms with Crippen LogP contribution >= 0.6 is 7.75 Å². The molecular formula is C41H53N6O10P. The molecule has 2 aromatic heterocycles. The number of nitrogen functional groups attached to an aromatic ring is 1. The molecular weight excluding hydrogens is 767 g/mol. The minimum absolute atomic E-state index is 0.0762. The van der Waals surface area contributed by atoms with Gasteiger partial charge in [-0.3, -0.25) is 18.9 Å². The van der Waals surface area contributed by atoms with Crippen molar-refractivity contribution in [1.29, 1.82) is 5.26 Å². The quantitative estimate of drug-likeness (QED) is 0.0645. The number of rotatable bonds is 17. The molecule has 2 aromatic carbocycles. The van der Waals surface area contributed by atoms with Crippen LogP contribution in [0, 0.1) is 17.2 Å². The lowest BCUT2D eigenvalue weighted by Crippen LogP contribution is -2.46. The van der Waals surface area contributed by atoms with Gasteiger partial charge in [-0.1, -0.05) is 91.6 Å². The normalized spacial score (nSPS) is 21.0. The molecule has 17 heteroatoms. The number of fused-ring (bicyclic) bond motifs is 2. The summed E-state index contributed by atoms with van der Waals surface area (Å²) in [6.45, 7) is 14.4. The first-order valence-electron chi connectivity index (χ1n) is 19.5. The number of hydrogen-bond acceptors (Lipinski definition) is 14. The van der Waals surface area contributed by atoms with Crippen molar-refractivity contribution in [3.63, 3.8) is 0 Å². The zero-order valence-corrected chi connectivity index (χ0v) is 35.1. The number of carbonyl (C=O) groups is 3. The monoisotopic (exact) mass is 820 g/mol. The lowest BCUT2D eigenvalue weighted by atomic mass is 9.83. The van der Waals surface area contributed by atoms with E-state index >= 15 is 4.57 Å². The summed E-state index contributed by atoms with van der Waals surface area (Å²) in [5.74, 6) is -1.67. The molecule has 0 amide bonds. The lowest BCUT2D eigenvalue weighted by molar-refractivity contribution is -0.169. The highest BCUT2D eigenvalue weighted by atomic mass is 31.2. The van der Waals surface area contributed by atoms with Crippen molar-refractivity contribution in [3.8, 4) is 11.8 Å². The fraction of sp³-hybridized carbons (Fsp3) is 0.512. The van der Waals surface area contributed by atoms with Gasteiger partial charge in [-0.05, 0) is 47.4 Å². The Labute approximate surface area is 338 Å². The van der Waals surface area contributed by atoms with E-state index in [1.807, 2.05) is 44.2 Å². The average molecular weight is 821 g/mol. The molecule has 1 unspecified atom stereocenters. The summed E-state index contributed by atoms with van der Waals surface area (Å²) in [6, 6.07) is 15.0. The SMILES string of the molecule is CCC(=O)O[C@H]1[C@@H](OC(=O)CC)[C@](C#N)(c2ccc3c(N)ncnn23)O[C@@H]1COP(=O)(N[C@@H](C)C(=O)OCC(CC)CC)Oc1ccc(C(C)(C)C)c2ccccc12. The Morgan fingerprint density at radius 2 is 1.69 bits per heavy atom. The van der Waals surface area contributed by atoms with Gasteiger partial charge in [0.25, 0.3) is 0 Å². The van der Waals surface area contributed by atoms with Crippen molar-refractivity contribution < 1.29 is 46.9 Å². The van der Waals surface area contributed by atoms with Crippen LogP contribution in [0.1, 0.15) is 92.3 Å². The molecule has 1 aliphatic rings. The number of hydrogen-bond donors (Lipinski definition) is 2. The highest BCUT2D eigenvalue weighted by Gasteiger charge is 2.62. The third-order valence-electron chi connectivity index (χ3n) is 10.2. The first kappa shape index (κ1) is 44.0. The summed E-state index contributed by atoms with van der Waals surface area (Å²) in [6.07, 6.45) is -1.80. The fourth-order valence-corrected chi connectivity index (χ4v) is 8.32. The van der Waals surface area contributed by atoms with E-state index < -0.39 is 62.2 Å². The fourth-order valence-electron chi connectivity index (χ4n) is 6.80. The van der Waals surface area contributed by atoms with Crippen LogP contribution in [-0.2, 0) is 53.4 Å². The average Bonchev–Trinajstić information content (AvgIpc) is 3.77. The maximum Gasteiger partial charge on any atom is 0.459 e. The van der Waals surface area contributed by atoms with E-state index in [1.54, 1.807) is 26.0 Å². The number of anilines is 1. The first-order valence-corrected chi connectivity index (χ1v) is 21.1. The second-order valence-corrected chi connectivity index (χ2v) is 16.9. The van der Waals surface area contributed by atoms with Crippen molar-refractivity contribution in [1.82, 2.24) is 19.7 Å². The minimum atomic E-state index is -4.61. The molecule has 1 fully saturated rings. The number of carbonyl (C=O) groups excluding carboxylic acids is 3. The molecule has 6 atom stereocenters. The maximum absolute atomic E-state index is 15.1. The van der Waals surface area contributed by atoms with Gasteiger partial charge in [0.2, 0.25) is 5.60 Å². The van der Waals surface area contributed by atoms with E-state index in [1.165, 1.54) is 23.8 Å². The highest BCUT2D eigenvalue weighted by molar-refractivity contribution is 7.52. The summed E-state index contributed by atoms with van der Waals surface area (Å²) in [7, 11) is -4.61. The number of aromatic nitrogens is 3. The Bertz CT molecular complexity index is 2210. The van der Waals surface area contributed by atoms with Gasteiger partial charge in [-0.25, -0.2) is 14.1 Å². The molecule has 0 radical (unpaired) electrons. The Kier molecular flexibility index (Phi) is 13.9. The zero-order chi connectivity index (χ0) is 42.4. The van der Waals surface area contributed by atoms with Gasteiger partial charge >= 0.3 is 25.7 Å². The van der Waals surface area contributed by atoms with Crippen molar-refractivity contribution in [3.05, 3.63) is 66.1 Å². The van der Waals surface area contributed by atoms with Gasteiger partial charge in [-0.15, -0.1) is 0 Å². The van der Waals surface area contributed by atoms with Gasteiger partial charge < -0.3 is 29.2 Å². The molecule has 5 rings (SSSR count). The number of ether oxygens (including phenoxy) is 4. The summed E-state index contributed by atoms with van der Waals surface area (Å²) in [5.41, 5.74) is 5.13. The van der Waals surface area contributed by atoms with E-state index in [9.17, 15) is 19.6 Å². The van der Waals surface area contributed by atoms with Crippen molar-refractivity contribution >= 4 is 47.8 Å². The number of nitrogens with two attached hydrogens (primary N) is 1. The summed E-state index contributed by atoms with van der Waals surface area (Å²) in [5, 5.41) is 19.4. The first-order chi connectivity index (χ1) is 27.5. The standard InChI is InChI=1S/C41H53N6O10P/c1-9-26(10-2)21-52-39(50)25(5)46-58(51,57-31-19-17-29(40(6,7)8)27-15-13-14-16-28(27)31)53-22-32-36(54-34(48)11-3)37(55-35(49)12-4)41(23-42,56-32)33-20-18-30-38(43)44-24-45-47(30)33/h13-20,24-26,32,36-37H,9-12,21-22H2,1-8H3,(H,46,51)(H2,43,44,45)/t25-,32+,36+,37+,41-,58?/m0/s1. The molecule has 3 heterocycles. The molecule has 0 aliphatic carbocycles. The van der Waals surface area contributed by atoms with Crippen LogP contribution in [0.4, 0.5) is 5.82 Å². The molecule has 0 bridgehead atoms. The van der Waals surface area contributed by atoms with Crippen molar-refractivity contribution in [2.45, 2.75) is 116 Å². The van der Waals surface area contributed by atoms with E-state index in [0.29, 0.717) is 10.9 Å². The molecule has 312 valence electrons. The van der Waals surface area contributed by atoms with Gasteiger partial charge in [0.05, 0.1) is 18.9 Å². The smallest absolute Gasteiger partial charge is 0.459 e. The molecule has 16 nitrogen and oxygen atoms in total. The van der Waals surface area contributed by atoms with Crippen LogP contribution in [0.2, 0.25) is 0 Å². The highest BCUT2D eigenvalue weighted by Crippen LogP contribution is 2.50. The largest absolute Gasteiger partial charge is 0.464 e. The van der Waals surface area contributed by atoms with Crippen LogP contribution < -0.4 is 15.3 Å². The Hall–Kier alpha value is -5.07.